The van der Waals surface area contributed by atoms with E-state index >= 15 is 0 Å². The molecule has 2 aromatic carbocycles. The van der Waals surface area contributed by atoms with Crippen molar-refractivity contribution < 1.29 is 68.1 Å². The monoisotopic (exact) mass is 646 g/mol. The Hall–Kier alpha value is -5.01. The SMILES string of the molecule is C[C@@H]1Cc2cc(O)cc(O)c2C(=O)O[C@H](C)CC(=O)O[C@H](C)Cc2cc(O)cc(O)c2C(=O)O[C@H](C)CC(=O)O[C@@H](C)CC(=O)O1. The number of hydrogen-bond acceptors (Lipinski definition) is 14. The minimum absolute atomic E-state index is 0.0863. The van der Waals surface area contributed by atoms with Crippen molar-refractivity contribution in [2.24, 2.45) is 0 Å². The Bertz CT molecular complexity index is 1480. The standard InChI is InChI=1S/C32H38O14/c1-15-6-20-11-22(33)13-24(35)29(20)31(40)45-18(4)9-27(38)43-16(2)7-21-12-23(34)14-25(36)30(21)32(41)46-19(5)10-28(39)44-17(3)8-26(37)42-15/h11-19,33-36H,6-10H2,1-5H3/t15-,16-,17+,18-,19-/m1/s1. The lowest BCUT2D eigenvalue weighted by Gasteiger charge is -2.21. The topological polar surface area (TPSA) is 212 Å². The maximum Gasteiger partial charge on any atom is 0.342 e. The molecule has 0 bridgehead atoms. The van der Waals surface area contributed by atoms with Gasteiger partial charge < -0.3 is 44.1 Å². The summed E-state index contributed by atoms with van der Waals surface area (Å²) < 4.78 is 26.7. The van der Waals surface area contributed by atoms with Gasteiger partial charge in [0.2, 0.25) is 0 Å². The molecule has 46 heavy (non-hydrogen) atoms. The number of phenolic OH excluding ortho intramolecular Hbond substituents is 4. The van der Waals surface area contributed by atoms with Crippen LogP contribution in [0.2, 0.25) is 0 Å². The number of ether oxygens (including phenoxy) is 5. The van der Waals surface area contributed by atoms with Crippen LogP contribution in [0.15, 0.2) is 24.3 Å². The van der Waals surface area contributed by atoms with Gasteiger partial charge in [0.1, 0.15) is 64.6 Å². The number of carbonyl (C=O) groups is 5. The van der Waals surface area contributed by atoms with E-state index in [0.717, 1.165) is 12.1 Å². The Balaban J connectivity index is 1.90. The Kier molecular flexibility index (Phi) is 11.8. The van der Waals surface area contributed by atoms with E-state index in [1.54, 1.807) is 0 Å². The van der Waals surface area contributed by atoms with Gasteiger partial charge in [-0.05, 0) is 57.9 Å². The summed E-state index contributed by atoms with van der Waals surface area (Å²) in [5.41, 5.74) is -0.423. The summed E-state index contributed by atoms with van der Waals surface area (Å²) in [4.78, 5) is 63.8. The fourth-order valence-electron chi connectivity index (χ4n) is 4.96. The van der Waals surface area contributed by atoms with Crippen LogP contribution in [-0.4, -0.2) is 80.8 Å². The van der Waals surface area contributed by atoms with Crippen molar-refractivity contribution in [1.29, 1.82) is 0 Å². The smallest absolute Gasteiger partial charge is 0.342 e. The number of rotatable bonds is 0. The fourth-order valence-corrected chi connectivity index (χ4v) is 4.96. The molecule has 5 atom stereocenters. The lowest BCUT2D eigenvalue weighted by molar-refractivity contribution is -0.157. The summed E-state index contributed by atoms with van der Waals surface area (Å²) in [5.74, 6) is -6.26. The first-order chi connectivity index (χ1) is 21.5. The predicted octanol–water partition coefficient (Wildman–Crippen LogP) is 3.36. The maximum atomic E-state index is 13.1. The average molecular weight is 647 g/mol. The van der Waals surface area contributed by atoms with Crippen molar-refractivity contribution in [3.8, 4) is 23.0 Å². The number of fused-ring (bicyclic) bond motifs is 2. The van der Waals surface area contributed by atoms with Gasteiger partial charge >= 0.3 is 29.8 Å². The molecular weight excluding hydrogens is 608 g/mol. The highest BCUT2D eigenvalue weighted by molar-refractivity contribution is 5.95. The average Bonchev–Trinajstić information content (AvgIpc) is 2.86. The highest BCUT2D eigenvalue weighted by Gasteiger charge is 2.28. The fraction of sp³-hybridized carbons (Fsp3) is 0.469. The van der Waals surface area contributed by atoms with Crippen LogP contribution < -0.4 is 0 Å². The quantitative estimate of drug-likeness (QED) is 0.239. The normalized spacial score (nSPS) is 24.5. The molecule has 4 N–H and O–H groups in total. The zero-order valence-electron chi connectivity index (χ0n) is 26.1. The van der Waals surface area contributed by atoms with Gasteiger partial charge in [0.15, 0.2) is 0 Å². The molecule has 14 nitrogen and oxygen atoms in total. The number of aromatic hydroxyl groups is 4. The number of phenols is 4. The molecule has 0 amide bonds. The molecule has 0 fully saturated rings. The van der Waals surface area contributed by atoms with Crippen molar-refractivity contribution >= 4 is 29.8 Å². The van der Waals surface area contributed by atoms with Crippen LogP contribution in [0.4, 0.5) is 0 Å². The predicted molar refractivity (Wildman–Crippen MR) is 157 cm³/mol. The third-order valence-electron chi connectivity index (χ3n) is 6.77. The number of esters is 5. The molecule has 1 heterocycles. The molecule has 0 saturated heterocycles. The zero-order chi connectivity index (χ0) is 34.3. The molecule has 0 aliphatic carbocycles. The second-order valence-corrected chi connectivity index (χ2v) is 11.4. The molecule has 0 radical (unpaired) electrons. The van der Waals surface area contributed by atoms with Crippen molar-refractivity contribution in [2.75, 3.05) is 0 Å². The minimum atomic E-state index is -1.03. The van der Waals surface area contributed by atoms with Crippen molar-refractivity contribution in [1.82, 2.24) is 0 Å². The van der Waals surface area contributed by atoms with Gasteiger partial charge in [-0.3, -0.25) is 14.4 Å². The van der Waals surface area contributed by atoms with Crippen molar-refractivity contribution in [3.05, 3.63) is 46.5 Å². The van der Waals surface area contributed by atoms with E-state index in [-0.39, 0.29) is 59.4 Å². The second kappa shape index (κ2) is 15.3. The number of hydrogen-bond donors (Lipinski definition) is 4. The van der Waals surface area contributed by atoms with Gasteiger partial charge in [-0.1, -0.05) is 0 Å². The van der Waals surface area contributed by atoms with Crippen LogP contribution in [0.25, 0.3) is 0 Å². The summed E-state index contributed by atoms with van der Waals surface area (Å²) in [6.07, 6.45) is -6.09. The molecule has 0 unspecified atom stereocenters. The van der Waals surface area contributed by atoms with E-state index < -0.39 is 78.3 Å². The first kappa shape index (κ1) is 35.5. The molecule has 250 valence electrons. The molecule has 14 heteroatoms. The lowest BCUT2D eigenvalue weighted by atomic mass is 10.00. The van der Waals surface area contributed by atoms with Crippen LogP contribution in [0.3, 0.4) is 0 Å². The van der Waals surface area contributed by atoms with E-state index in [2.05, 4.69) is 0 Å². The Morgan fingerprint density at radius 3 is 1.07 bits per heavy atom. The molecular formula is C32H38O14. The lowest BCUT2D eigenvalue weighted by Crippen LogP contribution is -2.27. The summed E-state index contributed by atoms with van der Waals surface area (Å²) in [6, 6.07) is 4.26. The van der Waals surface area contributed by atoms with Crippen molar-refractivity contribution in [2.45, 2.75) is 97.2 Å². The minimum Gasteiger partial charge on any atom is -0.508 e. The maximum absolute atomic E-state index is 13.1. The van der Waals surface area contributed by atoms with E-state index in [9.17, 15) is 44.4 Å². The van der Waals surface area contributed by atoms with Crippen LogP contribution >= 0.6 is 0 Å². The Morgan fingerprint density at radius 2 is 0.739 bits per heavy atom. The van der Waals surface area contributed by atoms with Crippen molar-refractivity contribution in [3.63, 3.8) is 0 Å². The highest BCUT2D eigenvalue weighted by Crippen LogP contribution is 2.31. The van der Waals surface area contributed by atoms with E-state index in [1.165, 1.54) is 46.8 Å². The van der Waals surface area contributed by atoms with Gasteiger partial charge in [0.25, 0.3) is 0 Å². The summed E-state index contributed by atoms with van der Waals surface area (Å²) in [5, 5.41) is 41.0. The molecule has 2 aromatic rings. The van der Waals surface area contributed by atoms with Gasteiger partial charge in [-0.15, -0.1) is 0 Å². The van der Waals surface area contributed by atoms with Crippen LogP contribution in [-0.2, 0) is 50.9 Å². The number of benzene rings is 2. The van der Waals surface area contributed by atoms with Gasteiger partial charge in [0, 0.05) is 25.0 Å². The summed E-state index contributed by atoms with van der Waals surface area (Å²) >= 11 is 0. The molecule has 0 spiro atoms. The molecule has 0 saturated carbocycles. The first-order valence-corrected chi connectivity index (χ1v) is 14.6. The summed E-state index contributed by atoms with van der Waals surface area (Å²) in [7, 11) is 0. The molecule has 0 aromatic heterocycles. The van der Waals surface area contributed by atoms with Gasteiger partial charge in [-0.2, -0.15) is 0 Å². The number of carbonyl (C=O) groups excluding carboxylic acids is 5. The molecule has 1 aliphatic heterocycles. The Morgan fingerprint density at radius 1 is 0.457 bits per heavy atom. The number of cyclic esters (lactones) is 5. The van der Waals surface area contributed by atoms with Crippen LogP contribution in [0.1, 0.15) is 85.7 Å². The second-order valence-electron chi connectivity index (χ2n) is 11.4. The van der Waals surface area contributed by atoms with Gasteiger partial charge in [0.05, 0.1) is 19.3 Å². The van der Waals surface area contributed by atoms with Gasteiger partial charge in [-0.25, -0.2) is 9.59 Å². The van der Waals surface area contributed by atoms with E-state index in [4.69, 9.17) is 23.7 Å². The first-order valence-electron chi connectivity index (χ1n) is 14.6. The van der Waals surface area contributed by atoms with Crippen LogP contribution in [0, 0.1) is 0 Å². The Labute approximate surface area is 264 Å². The van der Waals surface area contributed by atoms with E-state index in [0.29, 0.717) is 0 Å². The third-order valence-corrected chi connectivity index (χ3v) is 6.77. The zero-order valence-corrected chi connectivity index (χ0v) is 26.1. The third kappa shape index (κ3) is 10.0. The highest BCUT2D eigenvalue weighted by atomic mass is 16.6. The summed E-state index contributed by atoms with van der Waals surface area (Å²) in [6.45, 7) is 7.33. The largest absolute Gasteiger partial charge is 0.508 e. The molecule has 3 rings (SSSR count). The molecule has 1 aliphatic rings. The van der Waals surface area contributed by atoms with E-state index in [1.807, 2.05) is 0 Å². The van der Waals surface area contributed by atoms with Crippen LogP contribution in [0.5, 0.6) is 23.0 Å².